The van der Waals surface area contributed by atoms with Gasteiger partial charge in [-0.1, -0.05) is 36.2 Å². The second-order valence-electron chi connectivity index (χ2n) is 5.70. The van der Waals surface area contributed by atoms with Crippen molar-refractivity contribution in [3.8, 4) is 6.07 Å². The number of halogens is 1. The van der Waals surface area contributed by atoms with E-state index in [1.165, 1.54) is 19.3 Å². The average Bonchev–Trinajstić information content (AvgIpc) is 2.53. The largest absolute Gasteiger partial charge is 0.303 e. The lowest BCUT2D eigenvalue weighted by Gasteiger charge is -2.32. The number of aldehydes is 1. The maximum Gasteiger partial charge on any atom is 0.121 e. The Morgan fingerprint density at radius 1 is 1.29 bits per heavy atom. The number of carbonyl (C=O) groups excluding carboxylic acids is 1. The number of piperidine rings is 1. The van der Waals surface area contributed by atoms with E-state index in [-0.39, 0.29) is 6.42 Å². The Kier molecular flexibility index (Phi) is 5.78. The fourth-order valence-electron chi connectivity index (χ4n) is 3.03. The highest BCUT2D eigenvalue weighted by Gasteiger charge is 2.34. The highest BCUT2D eigenvalue weighted by molar-refractivity contribution is 6.31. The first-order valence-corrected chi connectivity index (χ1v) is 7.92. The molecule has 0 N–H and O–H groups in total. The molecule has 1 heterocycles. The Balaban J connectivity index is 2.18. The van der Waals surface area contributed by atoms with E-state index in [1.54, 1.807) is 6.07 Å². The van der Waals surface area contributed by atoms with Gasteiger partial charge in [0.2, 0.25) is 0 Å². The smallest absolute Gasteiger partial charge is 0.121 e. The fourth-order valence-corrected chi connectivity index (χ4v) is 3.35. The van der Waals surface area contributed by atoms with E-state index >= 15 is 0 Å². The van der Waals surface area contributed by atoms with E-state index in [0.717, 1.165) is 31.5 Å². The predicted octanol–water partition coefficient (Wildman–Crippen LogP) is 3.57. The van der Waals surface area contributed by atoms with E-state index in [9.17, 15) is 10.1 Å². The van der Waals surface area contributed by atoms with Crippen molar-refractivity contribution in [1.29, 1.82) is 5.26 Å². The topological polar surface area (TPSA) is 44.1 Å². The molecule has 1 aromatic carbocycles. The van der Waals surface area contributed by atoms with Crippen LogP contribution in [-0.4, -0.2) is 30.8 Å². The van der Waals surface area contributed by atoms with Gasteiger partial charge in [-0.3, -0.25) is 0 Å². The van der Waals surface area contributed by atoms with Crippen molar-refractivity contribution in [1.82, 2.24) is 4.90 Å². The molecular formula is C17H21ClN2O. The van der Waals surface area contributed by atoms with E-state index in [1.807, 2.05) is 18.2 Å². The monoisotopic (exact) mass is 304 g/mol. The van der Waals surface area contributed by atoms with Crippen LogP contribution in [0.5, 0.6) is 0 Å². The number of carbonyl (C=O) groups is 1. The minimum absolute atomic E-state index is 0.196. The predicted molar refractivity (Wildman–Crippen MR) is 84.3 cm³/mol. The van der Waals surface area contributed by atoms with Crippen molar-refractivity contribution in [3.05, 3.63) is 34.9 Å². The number of benzene rings is 1. The molecule has 3 nitrogen and oxygen atoms in total. The van der Waals surface area contributed by atoms with E-state index in [4.69, 9.17) is 11.6 Å². The molecule has 0 aliphatic carbocycles. The summed E-state index contributed by atoms with van der Waals surface area (Å²) < 4.78 is 0. The number of nitriles is 1. The molecule has 2 rings (SSSR count). The lowest BCUT2D eigenvalue weighted by molar-refractivity contribution is -0.108. The summed E-state index contributed by atoms with van der Waals surface area (Å²) in [6, 6.07) is 9.74. The summed E-state index contributed by atoms with van der Waals surface area (Å²) in [6.45, 7) is 3.02. The van der Waals surface area contributed by atoms with Gasteiger partial charge < -0.3 is 9.69 Å². The molecule has 1 aliphatic heterocycles. The van der Waals surface area contributed by atoms with Gasteiger partial charge in [-0.15, -0.1) is 0 Å². The third-order valence-electron chi connectivity index (χ3n) is 4.34. The van der Waals surface area contributed by atoms with Gasteiger partial charge in [0.05, 0.1) is 11.5 Å². The number of rotatable bonds is 6. The maximum absolute atomic E-state index is 11.1. The highest BCUT2D eigenvalue weighted by Crippen LogP contribution is 2.35. The molecule has 112 valence electrons. The molecular weight excluding hydrogens is 284 g/mol. The zero-order chi connectivity index (χ0) is 15.1. The van der Waals surface area contributed by atoms with Crippen molar-refractivity contribution >= 4 is 17.9 Å². The molecule has 0 saturated carbocycles. The first-order chi connectivity index (χ1) is 10.2. The Morgan fingerprint density at radius 2 is 2.00 bits per heavy atom. The Labute approximate surface area is 131 Å². The van der Waals surface area contributed by atoms with Crippen LogP contribution in [0.15, 0.2) is 24.3 Å². The summed E-state index contributed by atoms with van der Waals surface area (Å²) in [7, 11) is 0. The summed E-state index contributed by atoms with van der Waals surface area (Å²) in [6.07, 6.45) is 5.41. The molecule has 0 spiro atoms. The van der Waals surface area contributed by atoms with E-state index in [0.29, 0.717) is 11.4 Å². The molecule has 1 unspecified atom stereocenters. The number of likely N-dealkylation sites (tertiary alicyclic amines) is 1. The molecule has 1 aliphatic rings. The van der Waals surface area contributed by atoms with Crippen molar-refractivity contribution in [2.24, 2.45) is 0 Å². The van der Waals surface area contributed by atoms with Crippen LogP contribution < -0.4 is 0 Å². The van der Waals surface area contributed by atoms with Gasteiger partial charge in [0.1, 0.15) is 6.29 Å². The van der Waals surface area contributed by atoms with Crippen LogP contribution in [0.25, 0.3) is 0 Å². The zero-order valence-electron chi connectivity index (χ0n) is 12.2. The lowest BCUT2D eigenvalue weighted by Crippen LogP contribution is -2.36. The van der Waals surface area contributed by atoms with Gasteiger partial charge in [0.25, 0.3) is 0 Å². The molecule has 0 bridgehead atoms. The second-order valence-corrected chi connectivity index (χ2v) is 6.10. The van der Waals surface area contributed by atoms with Crippen LogP contribution in [0.2, 0.25) is 5.02 Å². The first kappa shape index (κ1) is 16.0. The van der Waals surface area contributed by atoms with Gasteiger partial charge in [-0.2, -0.15) is 5.26 Å². The summed E-state index contributed by atoms with van der Waals surface area (Å²) in [5.74, 6) is 0. The number of hydrogen-bond acceptors (Lipinski definition) is 3. The van der Waals surface area contributed by atoms with Crippen molar-refractivity contribution in [2.75, 3.05) is 19.6 Å². The quantitative estimate of drug-likeness (QED) is 0.755. The van der Waals surface area contributed by atoms with Crippen molar-refractivity contribution in [3.63, 3.8) is 0 Å². The van der Waals surface area contributed by atoms with Crippen LogP contribution in [-0.2, 0) is 10.2 Å². The summed E-state index contributed by atoms with van der Waals surface area (Å²) in [5, 5.41) is 10.3. The second kappa shape index (κ2) is 7.59. The standard InChI is InChI=1S/C17H21ClN2O/c18-16-7-3-2-6-15(16)17(14-19,9-13-21)8-12-20-10-4-1-5-11-20/h2-3,6-7,13H,1,4-5,8-12H2. The van der Waals surface area contributed by atoms with Crippen molar-refractivity contribution in [2.45, 2.75) is 37.5 Å². The molecule has 0 amide bonds. The Morgan fingerprint density at radius 3 is 2.62 bits per heavy atom. The minimum atomic E-state index is -0.808. The van der Waals surface area contributed by atoms with Crippen LogP contribution in [0.1, 0.15) is 37.7 Å². The maximum atomic E-state index is 11.1. The lowest BCUT2D eigenvalue weighted by atomic mass is 9.76. The Bertz CT molecular complexity index is 520. The number of nitrogens with zero attached hydrogens (tertiary/aromatic N) is 2. The normalized spacial score (nSPS) is 18.7. The minimum Gasteiger partial charge on any atom is -0.303 e. The molecule has 1 fully saturated rings. The fraction of sp³-hybridized carbons (Fsp3) is 0.529. The highest BCUT2D eigenvalue weighted by atomic mass is 35.5. The van der Waals surface area contributed by atoms with Gasteiger partial charge in [0, 0.05) is 11.4 Å². The molecule has 1 saturated heterocycles. The molecule has 0 aromatic heterocycles. The summed E-state index contributed by atoms with van der Waals surface area (Å²) >= 11 is 6.26. The molecule has 1 atom stereocenters. The van der Waals surface area contributed by atoms with Crippen LogP contribution in [0.3, 0.4) is 0 Å². The summed E-state index contributed by atoms with van der Waals surface area (Å²) in [5.41, 5.74) is -0.0318. The van der Waals surface area contributed by atoms with E-state index < -0.39 is 5.41 Å². The van der Waals surface area contributed by atoms with Gasteiger partial charge >= 0.3 is 0 Å². The molecule has 4 heteroatoms. The van der Waals surface area contributed by atoms with Crippen LogP contribution >= 0.6 is 11.6 Å². The third kappa shape index (κ3) is 3.84. The van der Waals surface area contributed by atoms with Gasteiger partial charge in [-0.25, -0.2) is 0 Å². The third-order valence-corrected chi connectivity index (χ3v) is 4.67. The Hall–Kier alpha value is -1.37. The first-order valence-electron chi connectivity index (χ1n) is 7.54. The molecule has 0 radical (unpaired) electrons. The average molecular weight is 305 g/mol. The van der Waals surface area contributed by atoms with Crippen molar-refractivity contribution < 1.29 is 4.79 Å². The summed E-state index contributed by atoms with van der Waals surface area (Å²) in [4.78, 5) is 13.5. The number of hydrogen-bond donors (Lipinski definition) is 0. The SMILES string of the molecule is N#CC(CC=O)(CCN1CCCCC1)c1ccccc1Cl. The molecule has 21 heavy (non-hydrogen) atoms. The molecule has 1 aromatic rings. The van der Waals surface area contributed by atoms with Gasteiger partial charge in [-0.05, 0) is 50.5 Å². The van der Waals surface area contributed by atoms with Crippen LogP contribution in [0, 0.1) is 11.3 Å². The van der Waals surface area contributed by atoms with Crippen LogP contribution in [0.4, 0.5) is 0 Å². The van der Waals surface area contributed by atoms with E-state index in [2.05, 4.69) is 11.0 Å². The van der Waals surface area contributed by atoms with Gasteiger partial charge in [0.15, 0.2) is 0 Å². The zero-order valence-corrected chi connectivity index (χ0v) is 13.0.